The highest BCUT2D eigenvalue weighted by Gasteiger charge is 2.24. The average Bonchev–Trinajstić information content (AvgIpc) is 2.66. The van der Waals surface area contributed by atoms with Gasteiger partial charge in [0, 0.05) is 31.7 Å². The summed E-state index contributed by atoms with van der Waals surface area (Å²) in [4.78, 5) is 11.3. The number of hydrogen-bond donors (Lipinski definition) is 1. The van der Waals surface area contributed by atoms with Crippen molar-refractivity contribution in [3.05, 3.63) is 17.1 Å². The fourth-order valence-corrected chi connectivity index (χ4v) is 2.06. The Morgan fingerprint density at radius 1 is 1.12 bits per heavy atom. The van der Waals surface area contributed by atoms with E-state index in [1.807, 2.05) is 20.8 Å². The third-order valence-electron chi connectivity index (χ3n) is 2.93. The summed E-state index contributed by atoms with van der Waals surface area (Å²) in [7, 11) is 0. The van der Waals surface area contributed by atoms with E-state index >= 15 is 0 Å². The van der Waals surface area contributed by atoms with E-state index < -0.39 is 0 Å². The highest BCUT2D eigenvalue weighted by Crippen LogP contribution is 2.27. The number of aryl methyl sites for hydroxylation is 1. The smallest absolute Gasteiger partial charge is 0.137 e. The monoisotopic (exact) mass is 220 g/mol. The molecule has 0 spiro atoms. The van der Waals surface area contributed by atoms with Crippen LogP contribution in [0.4, 0.5) is 5.82 Å². The van der Waals surface area contributed by atoms with E-state index in [-0.39, 0.29) is 0 Å². The molecular formula is C12H20N4. The first-order chi connectivity index (χ1) is 7.84. The van der Waals surface area contributed by atoms with Gasteiger partial charge in [-0.25, -0.2) is 9.97 Å². The zero-order valence-corrected chi connectivity index (χ0v) is 10.4. The Morgan fingerprint density at radius 3 is 2.50 bits per heavy atom. The first-order valence-corrected chi connectivity index (χ1v) is 6.16. The lowest BCUT2D eigenvalue weighted by atomic mass is 10.1. The van der Waals surface area contributed by atoms with Crippen LogP contribution >= 0.6 is 0 Å². The Labute approximate surface area is 97.1 Å². The number of fused-ring (bicyclic) bond motifs is 1. The van der Waals surface area contributed by atoms with Crippen molar-refractivity contribution in [2.45, 2.75) is 40.3 Å². The summed E-state index contributed by atoms with van der Waals surface area (Å²) in [6.45, 7) is 10.1. The van der Waals surface area contributed by atoms with Gasteiger partial charge in [0.25, 0.3) is 0 Å². The molecule has 1 aromatic heterocycles. The fraction of sp³-hybridized carbons (Fsp3) is 0.667. The second kappa shape index (κ2) is 4.78. The lowest BCUT2D eigenvalue weighted by Crippen LogP contribution is -2.38. The highest BCUT2D eigenvalue weighted by molar-refractivity contribution is 5.52. The highest BCUT2D eigenvalue weighted by atomic mass is 15.2. The molecule has 0 saturated carbocycles. The minimum absolute atomic E-state index is 0.898. The van der Waals surface area contributed by atoms with Crippen LogP contribution in [0.2, 0.25) is 0 Å². The molecule has 3 rings (SSSR count). The number of nitrogens with one attached hydrogen (secondary N) is 1. The molecule has 0 bridgehead atoms. The molecule has 3 heterocycles. The molecule has 1 aromatic rings. The second-order valence-corrected chi connectivity index (χ2v) is 3.96. The van der Waals surface area contributed by atoms with E-state index in [0.717, 1.165) is 32.0 Å². The predicted octanol–water partition coefficient (Wildman–Crippen LogP) is 1.62. The Balaban J connectivity index is 0.000000457. The average molecular weight is 220 g/mol. The van der Waals surface area contributed by atoms with Crippen molar-refractivity contribution in [2.24, 2.45) is 0 Å². The van der Waals surface area contributed by atoms with E-state index in [9.17, 15) is 0 Å². The minimum Gasteiger partial charge on any atom is -0.356 e. The predicted molar refractivity (Wildman–Crippen MR) is 65.5 cm³/mol. The normalized spacial score (nSPS) is 17.3. The van der Waals surface area contributed by atoms with Crippen molar-refractivity contribution in [1.82, 2.24) is 15.3 Å². The van der Waals surface area contributed by atoms with Crippen molar-refractivity contribution in [1.29, 1.82) is 0 Å². The second-order valence-electron chi connectivity index (χ2n) is 3.96. The summed E-state index contributed by atoms with van der Waals surface area (Å²) in [6, 6.07) is 0. The van der Waals surface area contributed by atoms with Gasteiger partial charge in [0.2, 0.25) is 0 Å². The summed E-state index contributed by atoms with van der Waals surface area (Å²) in [5, 5.41) is 3.33. The van der Waals surface area contributed by atoms with Gasteiger partial charge < -0.3 is 10.2 Å². The third-order valence-corrected chi connectivity index (χ3v) is 2.93. The first kappa shape index (κ1) is 11.3. The molecule has 1 fully saturated rings. The van der Waals surface area contributed by atoms with E-state index in [1.165, 1.54) is 23.5 Å². The molecule has 4 heteroatoms. The quantitative estimate of drug-likeness (QED) is 0.781. The standard InChI is InChI=1S/C10H14N4.C2H6/c1-7-12-9-6-11-5-8(9)10(13-7)14-3-2-4-14;1-2/h11H,2-6H2,1H3;1-2H3. The number of hydrogen-bond acceptors (Lipinski definition) is 4. The first-order valence-electron chi connectivity index (χ1n) is 6.16. The molecule has 1 N–H and O–H groups in total. The molecule has 2 aliphatic rings. The van der Waals surface area contributed by atoms with Crippen molar-refractivity contribution in [3.63, 3.8) is 0 Å². The molecule has 0 amide bonds. The molecule has 0 aliphatic carbocycles. The Hall–Kier alpha value is -1.16. The number of nitrogens with zero attached hydrogens (tertiary/aromatic N) is 3. The molecule has 1 saturated heterocycles. The van der Waals surface area contributed by atoms with Crippen molar-refractivity contribution in [2.75, 3.05) is 18.0 Å². The minimum atomic E-state index is 0.898. The van der Waals surface area contributed by atoms with Crippen molar-refractivity contribution < 1.29 is 0 Å². The van der Waals surface area contributed by atoms with Gasteiger partial charge in [0.1, 0.15) is 11.6 Å². The summed E-state index contributed by atoms with van der Waals surface area (Å²) in [5.74, 6) is 2.07. The van der Waals surface area contributed by atoms with Crippen LogP contribution < -0.4 is 10.2 Å². The fourth-order valence-electron chi connectivity index (χ4n) is 2.06. The van der Waals surface area contributed by atoms with Gasteiger partial charge in [-0.3, -0.25) is 0 Å². The van der Waals surface area contributed by atoms with Crippen LogP contribution in [0.15, 0.2) is 0 Å². The van der Waals surface area contributed by atoms with Gasteiger partial charge in [0.05, 0.1) is 5.69 Å². The molecule has 0 atom stereocenters. The lowest BCUT2D eigenvalue weighted by Gasteiger charge is -2.33. The molecule has 0 aromatic carbocycles. The summed E-state index contributed by atoms with van der Waals surface area (Å²) in [6.07, 6.45) is 1.30. The van der Waals surface area contributed by atoms with Gasteiger partial charge >= 0.3 is 0 Å². The van der Waals surface area contributed by atoms with Crippen LogP contribution in [0, 0.1) is 6.92 Å². The third kappa shape index (κ3) is 1.89. The van der Waals surface area contributed by atoms with Crippen LogP contribution in [0.3, 0.4) is 0 Å². The maximum Gasteiger partial charge on any atom is 0.137 e. The number of aromatic nitrogens is 2. The largest absolute Gasteiger partial charge is 0.356 e. The molecular weight excluding hydrogens is 200 g/mol. The zero-order valence-electron chi connectivity index (χ0n) is 10.4. The van der Waals surface area contributed by atoms with E-state index in [2.05, 4.69) is 20.2 Å². The maximum atomic E-state index is 4.54. The molecule has 2 aliphatic heterocycles. The SMILES string of the molecule is CC.Cc1nc2c(c(N3CCC3)n1)CNC2. The van der Waals surface area contributed by atoms with Crippen LogP contribution in [0.1, 0.15) is 37.4 Å². The lowest BCUT2D eigenvalue weighted by molar-refractivity contribution is 0.604. The molecule has 0 unspecified atom stereocenters. The van der Waals surface area contributed by atoms with Crippen LogP contribution in [-0.4, -0.2) is 23.1 Å². The van der Waals surface area contributed by atoms with Gasteiger partial charge in [-0.1, -0.05) is 13.8 Å². The topological polar surface area (TPSA) is 41.1 Å². The van der Waals surface area contributed by atoms with Crippen molar-refractivity contribution >= 4 is 5.82 Å². The zero-order chi connectivity index (χ0) is 11.5. The summed E-state index contributed by atoms with van der Waals surface area (Å²) >= 11 is 0. The molecule has 4 nitrogen and oxygen atoms in total. The number of rotatable bonds is 1. The van der Waals surface area contributed by atoms with Gasteiger partial charge in [0.15, 0.2) is 0 Å². The Bertz CT molecular complexity index is 372. The van der Waals surface area contributed by atoms with Gasteiger partial charge in [-0.2, -0.15) is 0 Å². The molecule has 88 valence electrons. The Morgan fingerprint density at radius 2 is 1.88 bits per heavy atom. The maximum absolute atomic E-state index is 4.54. The van der Waals surface area contributed by atoms with E-state index in [4.69, 9.17) is 0 Å². The van der Waals surface area contributed by atoms with Crippen LogP contribution in [0.25, 0.3) is 0 Å². The molecule has 16 heavy (non-hydrogen) atoms. The van der Waals surface area contributed by atoms with Crippen LogP contribution in [0.5, 0.6) is 0 Å². The molecule has 0 radical (unpaired) electrons. The summed E-state index contributed by atoms with van der Waals surface area (Å²) < 4.78 is 0. The van der Waals surface area contributed by atoms with Crippen LogP contribution in [-0.2, 0) is 13.1 Å². The van der Waals surface area contributed by atoms with Gasteiger partial charge in [-0.05, 0) is 13.3 Å². The number of anilines is 1. The van der Waals surface area contributed by atoms with Crippen molar-refractivity contribution in [3.8, 4) is 0 Å². The van der Waals surface area contributed by atoms with E-state index in [1.54, 1.807) is 0 Å². The van der Waals surface area contributed by atoms with Gasteiger partial charge in [-0.15, -0.1) is 0 Å². The Kier molecular flexibility index (Phi) is 3.39. The summed E-state index contributed by atoms with van der Waals surface area (Å²) in [5.41, 5.74) is 2.51. The van der Waals surface area contributed by atoms with E-state index in [0.29, 0.717) is 0 Å².